The summed E-state index contributed by atoms with van der Waals surface area (Å²) < 4.78 is 17.8. The molecule has 0 spiro atoms. The molecule has 1 aliphatic heterocycles. The van der Waals surface area contributed by atoms with Gasteiger partial charge in [0.05, 0.1) is 43.7 Å². The summed E-state index contributed by atoms with van der Waals surface area (Å²) in [5.41, 5.74) is 4.07. The second-order valence-corrected chi connectivity index (χ2v) is 15.8. The number of Topliss-reactive ketones (excluding diaryl/α,β-unsaturated/α-hetero) is 1. The fraction of sp³-hybridized carbons (Fsp3) is 0.561. The number of fused-ring (bicyclic) bond motifs is 5. The molecule has 3 aromatic rings. The molecule has 2 aromatic carbocycles. The van der Waals surface area contributed by atoms with Gasteiger partial charge in [-0.1, -0.05) is 62.4 Å². The van der Waals surface area contributed by atoms with Gasteiger partial charge >= 0.3 is 6.09 Å². The van der Waals surface area contributed by atoms with Crippen molar-refractivity contribution in [2.24, 2.45) is 5.41 Å². The zero-order valence-corrected chi connectivity index (χ0v) is 33.6. The molecule has 0 radical (unpaired) electrons. The number of carbonyl (C=O) groups excluding carboxylic acids is 4. The Kier molecular flexibility index (Phi) is 15.9. The highest BCUT2D eigenvalue weighted by atomic mass is 16.5. The van der Waals surface area contributed by atoms with Crippen molar-refractivity contribution in [2.75, 3.05) is 51.5 Å². The summed E-state index contributed by atoms with van der Waals surface area (Å²) in [6, 6.07) is 15.2. The summed E-state index contributed by atoms with van der Waals surface area (Å²) in [7, 11) is 1.60. The maximum atomic E-state index is 13.8. The molecule has 55 heavy (non-hydrogen) atoms. The first-order valence-corrected chi connectivity index (χ1v) is 19.2. The first kappa shape index (κ1) is 43.1. The molecule has 0 saturated heterocycles. The number of ketones is 1. The van der Waals surface area contributed by atoms with Gasteiger partial charge in [0.2, 0.25) is 17.5 Å². The van der Waals surface area contributed by atoms with Crippen molar-refractivity contribution in [3.05, 3.63) is 54.1 Å². The van der Waals surface area contributed by atoms with Crippen LogP contribution in [0.4, 0.5) is 10.5 Å². The maximum Gasteiger partial charge on any atom is 0.407 e. The van der Waals surface area contributed by atoms with E-state index in [4.69, 9.17) is 14.2 Å². The van der Waals surface area contributed by atoms with E-state index >= 15 is 0 Å². The minimum atomic E-state index is -0.512. The fourth-order valence-corrected chi connectivity index (χ4v) is 6.45. The number of para-hydroxylation sites is 1. The SMILES string of the molecule is COCCOCCNC(=O)CCC(=O)N1Cc2ccccc2-c2c(n[nH][n+]2CCOC(=O)NCCCCC(NC(C)(C)C)C(=O)C(C)(C)C)-c2ccccc21. The number of ether oxygens (including phenoxy) is 3. The van der Waals surface area contributed by atoms with Gasteiger partial charge in [-0.15, -0.1) is 0 Å². The van der Waals surface area contributed by atoms with Gasteiger partial charge in [0.1, 0.15) is 13.2 Å². The minimum Gasteiger partial charge on any atom is -0.445 e. The van der Waals surface area contributed by atoms with Crippen molar-refractivity contribution in [1.82, 2.24) is 26.3 Å². The molecule has 0 fully saturated rings. The number of benzene rings is 2. The molecule has 4 rings (SSSR count). The fourth-order valence-electron chi connectivity index (χ4n) is 6.45. The number of H-pyrrole nitrogens is 1. The number of nitrogens with one attached hydrogen (secondary N) is 4. The Bertz CT molecular complexity index is 1740. The van der Waals surface area contributed by atoms with E-state index in [1.807, 2.05) is 74.0 Å². The van der Waals surface area contributed by atoms with Gasteiger partial charge in [0.15, 0.2) is 5.78 Å². The Morgan fingerprint density at radius 2 is 1.60 bits per heavy atom. The molecule has 0 bridgehead atoms. The Balaban J connectivity index is 1.36. The van der Waals surface area contributed by atoms with Crippen LogP contribution in [0.1, 0.15) is 79.2 Å². The lowest BCUT2D eigenvalue weighted by Crippen LogP contribution is -2.50. The predicted octanol–water partition coefficient (Wildman–Crippen LogP) is 4.71. The van der Waals surface area contributed by atoms with Gasteiger partial charge in [-0.05, 0) is 57.7 Å². The zero-order chi connectivity index (χ0) is 40.0. The Hall–Kier alpha value is -4.66. The second-order valence-electron chi connectivity index (χ2n) is 15.8. The number of aromatic nitrogens is 3. The molecule has 1 atom stereocenters. The second kappa shape index (κ2) is 20.3. The van der Waals surface area contributed by atoms with Crippen molar-refractivity contribution in [2.45, 2.75) is 98.3 Å². The van der Waals surface area contributed by atoms with Gasteiger partial charge in [0, 0.05) is 54.7 Å². The molecular weight excluding hydrogens is 702 g/mol. The minimum absolute atomic E-state index is 0.0332. The summed E-state index contributed by atoms with van der Waals surface area (Å²) in [6.45, 7) is 14.8. The van der Waals surface area contributed by atoms with E-state index in [0.29, 0.717) is 70.2 Å². The normalized spacial score (nSPS) is 13.1. The highest BCUT2D eigenvalue weighted by Crippen LogP contribution is 2.39. The molecular formula is C41H60N7O7+. The molecule has 0 saturated carbocycles. The van der Waals surface area contributed by atoms with Crippen LogP contribution in [0.15, 0.2) is 48.5 Å². The lowest BCUT2D eigenvalue weighted by Gasteiger charge is -2.31. The van der Waals surface area contributed by atoms with Crippen molar-refractivity contribution in [3.63, 3.8) is 0 Å². The highest BCUT2D eigenvalue weighted by molar-refractivity contribution is 6.00. The number of anilines is 1. The lowest BCUT2D eigenvalue weighted by molar-refractivity contribution is -0.744. The topological polar surface area (TPSA) is 168 Å². The average Bonchev–Trinajstić information content (AvgIpc) is 3.54. The summed E-state index contributed by atoms with van der Waals surface area (Å²) in [6.07, 6.45) is 1.74. The number of unbranched alkanes of at least 4 members (excludes halogenated alkanes) is 1. The molecule has 3 amide bonds. The zero-order valence-electron chi connectivity index (χ0n) is 33.6. The first-order valence-electron chi connectivity index (χ1n) is 19.2. The first-order chi connectivity index (χ1) is 26.2. The van der Waals surface area contributed by atoms with Gasteiger partial charge in [0.25, 0.3) is 5.69 Å². The molecule has 4 N–H and O–H groups in total. The Morgan fingerprint density at radius 1 is 0.873 bits per heavy atom. The van der Waals surface area contributed by atoms with E-state index in [0.717, 1.165) is 28.8 Å². The molecule has 14 nitrogen and oxygen atoms in total. The quantitative estimate of drug-likeness (QED) is 0.1000. The third kappa shape index (κ3) is 13.0. The standard InChI is InChI=1S/C41H59N7O7/c1-40(2,3)38(51)32(44-41(4,5)6)17-12-13-21-43-39(52)55-25-23-48-37-30-15-9-8-14-29(30)28-47(33-18-11-10-16-31(33)36(37)45-46-48)35(50)20-19-34(49)42-22-24-54-27-26-53-7/h8-11,14-16,18,32,44H,12-13,17,19-28H2,1-7H3,(H2,42,43,49,52)/p+1. The van der Waals surface area contributed by atoms with Crippen LogP contribution in [-0.2, 0) is 41.7 Å². The number of rotatable bonds is 19. The number of hydrogen-bond acceptors (Lipinski definition) is 9. The van der Waals surface area contributed by atoms with Crippen molar-refractivity contribution in [1.29, 1.82) is 0 Å². The van der Waals surface area contributed by atoms with Crippen LogP contribution in [-0.4, -0.2) is 92.2 Å². The summed E-state index contributed by atoms with van der Waals surface area (Å²) in [4.78, 5) is 53.7. The maximum absolute atomic E-state index is 13.8. The van der Waals surface area contributed by atoms with Crippen LogP contribution >= 0.6 is 0 Å². The van der Waals surface area contributed by atoms with E-state index < -0.39 is 11.5 Å². The molecule has 14 heteroatoms. The summed E-state index contributed by atoms with van der Waals surface area (Å²) in [5, 5.41) is 16.9. The van der Waals surface area contributed by atoms with E-state index in [1.165, 1.54) is 0 Å². The van der Waals surface area contributed by atoms with Crippen LogP contribution in [0.3, 0.4) is 0 Å². The van der Waals surface area contributed by atoms with Crippen molar-refractivity contribution in [3.8, 4) is 22.5 Å². The number of aromatic amines is 1. The molecule has 1 unspecified atom stereocenters. The number of alkyl carbamates (subject to hydrolysis) is 1. The molecule has 1 aliphatic rings. The number of amides is 3. The van der Waals surface area contributed by atoms with E-state index in [9.17, 15) is 19.2 Å². The summed E-state index contributed by atoms with van der Waals surface area (Å²) in [5.74, 6) is -0.215. The number of methoxy groups -OCH3 is 1. The van der Waals surface area contributed by atoms with Crippen molar-refractivity contribution >= 4 is 29.4 Å². The number of hydrogen-bond donors (Lipinski definition) is 4. The van der Waals surface area contributed by atoms with Gasteiger partial charge in [-0.25, -0.2) is 4.79 Å². The number of carbonyl (C=O) groups is 4. The van der Waals surface area contributed by atoms with Gasteiger partial charge in [-0.3, -0.25) is 14.4 Å². The van der Waals surface area contributed by atoms with Gasteiger partial charge in [-0.2, -0.15) is 4.68 Å². The van der Waals surface area contributed by atoms with E-state index in [-0.39, 0.29) is 48.6 Å². The highest BCUT2D eigenvalue weighted by Gasteiger charge is 2.34. The van der Waals surface area contributed by atoms with Crippen molar-refractivity contribution < 1.29 is 38.1 Å². The largest absolute Gasteiger partial charge is 0.445 e. The molecule has 0 aliphatic carbocycles. The number of nitrogens with zero attached hydrogens (tertiary/aromatic N) is 3. The third-order valence-electron chi connectivity index (χ3n) is 9.09. The lowest BCUT2D eigenvalue weighted by atomic mass is 9.84. The van der Waals surface area contributed by atoms with Crippen LogP contribution in [0.25, 0.3) is 22.5 Å². The predicted molar refractivity (Wildman–Crippen MR) is 210 cm³/mol. The molecule has 1 aromatic heterocycles. The smallest absolute Gasteiger partial charge is 0.407 e. The van der Waals surface area contributed by atoms with Crippen LogP contribution < -0.4 is 25.5 Å². The monoisotopic (exact) mass is 762 g/mol. The third-order valence-corrected chi connectivity index (χ3v) is 9.09. The van der Waals surface area contributed by atoms with E-state index in [2.05, 4.69) is 47.0 Å². The summed E-state index contributed by atoms with van der Waals surface area (Å²) >= 11 is 0. The Morgan fingerprint density at radius 3 is 2.33 bits per heavy atom. The van der Waals surface area contributed by atoms with E-state index in [1.54, 1.807) is 12.0 Å². The molecule has 300 valence electrons. The van der Waals surface area contributed by atoms with Crippen LogP contribution in [0, 0.1) is 5.41 Å². The van der Waals surface area contributed by atoms with Crippen LogP contribution in [0.5, 0.6) is 0 Å². The molecule has 2 heterocycles. The van der Waals surface area contributed by atoms with Gasteiger partial charge < -0.3 is 35.1 Å². The van der Waals surface area contributed by atoms with Crippen LogP contribution in [0.2, 0.25) is 0 Å². The average molecular weight is 763 g/mol. The Labute approximate surface area is 325 Å².